The van der Waals surface area contributed by atoms with Crippen LogP contribution < -0.4 is 15.4 Å². The largest absolute Gasteiger partial charge is 0.475 e. The number of ether oxygens (including phenoxy) is 2. The second-order valence-electron chi connectivity index (χ2n) is 7.22. The van der Waals surface area contributed by atoms with Crippen LogP contribution in [-0.2, 0) is 14.3 Å². The number of nitro benzene ring substituents is 1. The number of amides is 2. The quantitative estimate of drug-likeness (QED) is 0.347. The van der Waals surface area contributed by atoms with Crippen LogP contribution in [0, 0.1) is 10.1 Å². The van der Waals surface area contributed by atoms with E-state index < -0.39 is 30.0 Å². The molecule has 10 heteroatoms. The number of hydrogen-bond donors (Lipinski definition) is 2. The van der Waals surface area contributed by atoms with Crippen LogP contribution in [0.15, 0.2) is 48.5 Å². The Labute approximate surface area is 184 Å². The van der Waals surface area contributed by atoms with Crippen LogP contribution in [-0.4, -0.2) is 42.0 Å². The molecular weight excluding hydrogens is 418 g/mol. The number of benzene rings is 2. The molecular formula is C22H23N3O7. The van der Waals surface area contributed by atoms with Gasteiger partial charge in [-0.1, -0.05) is 37.1 Å². The summed E-state index contributed by atoms with van der Waals surface area (Å²) in [5, 5.41) is 16.5. The van der Waals surface area contributed by atoms with Gasteiger partial charge in [0.2, 0.25) is 0 Å². The number of rotatable bonds is 9. The maximum Gasteiger partial charge on any atom is 0.344 e. The van der Waals surface area contributed by atoms with Crippen LogP contribution in [0.2, 0.25) is 0 Å². The van der Waals surface area contributed by atoms with Crippen molar-refractivity contribution in [3.05, 3.63) is 64.2 Å². The molecule has 2 amide bonds. The summed E-state index contributed by atoms with van der Waals surface area (Å²) in [7, 11) is 0. The minimum Gasteiger partial charge on any atom is -0.475 e. The highest BCUT2D eigenvalue weighted by atomic mass is 16.6. The lowest BCUT2D eigenvalue weighted by Crippen LogP contribution is -2.33. The van der Waals surface area contributed by atoms with Crippen LogP contribution in [0.5, 0.6) is 5.75 Å². The summed E-state index contributed by atoms with van der Waals surface area (Å²) in [6.07, 6.45) is 4.03. The molecule has 32 heavy (non-hydrogen) atoms. The number of carbonyl (C=O) groups is 3. The minimum atomic E-state index is -0.870. The molecule has 1 aliphatic carbocycles. The fourth-order valence-electron chi connectivity index (χ4n) is 3.36. The molecule has 1 saturated carbocycles. The Balaban J connectivity index is 1.49. The highest BCUT2D eigenvalue weighted by Gasteiger charge is 2.20. The predicted octanol–water partition coefficient (Wildman–Crippen LogP) is 2.83. The molecule has 1 aliphatic rings. The van der Waals surface area contributed by atoms with Crippen LogP contribution in [0.1, 0.15) is 36.0 Å². The van der Waals surface area contributed by atoms with Gasteiger partial charge >= 0.3 is 11.7 Å². The fraction of sp³-hybridized carbons (Fsp3) is 0.318. The van der Waals surface area contributed by atoms with Crippen LogP contribution in [0.25, 0.3) is 0 Å². The highest BCUT2D eigenvalue weighted by molar-refractivity contribution is 6.04. The SMILES string of the molecule is O=C(COC(=O)COc1ccccc1[N+](=O)[O-])Nc1ccccc1C(=O)NC1CCCC1. The van der Waals surface area contributed by atoms with Crippen molar-refractivity contribution in [2.75, 3.05) is 18.5 Å². The average Bonchev–Trinajstić information content (AvgIpc) is 3.29. The van der Waals surface area contributed by atoms with Crippen LogP contribution >= 0.6 is 0 Å². The van der Waals surface area contributed by atoms with Gasteiger partial charge in [0.25, 0.3) is 11.8 Å². The molecule has 2 aromatic rings. The topological polar surface area (TPSA) is 137 Å². The molecule has 0 radical (unpaired) electrons. The van der Waals surface area contributed by atoms with Crippen molar-refractivity contribution in [2.24, 2.45) is 0 Å². The van der Waals surface area contributed by atoms with E-state index in [2.05, 4.69) is 10.6 Å². The van der Waals surface area contributed by atoms with Crippen LogP contribution in [0.4, 0.5) is 11.4 Å². The molecule has 0 bridgehead atoms. The van der Waals surface area contributed by atoms with Gasteiger partial charge in [-0.3, -0.25) is 19.7 Å². The maximum absolute atomic E-state index is 12.6. The molecule has 1 fully saturated rings. The van der Waals surface area contributed by atoms with E-state index in [0.29, 0.717) is 11.3 Å². The summed E-state index contributed by atoms with van der Waals surface area (Å²) in [5.41, 5.74) is 0.338. The zero-order valence-corrected chi connectivity index (χ0v) is 17.2. The van der Waals surface area contributed by atoms with Gasteiger partial charge in [0, 0.05) is 12.1 Å². The molecule has 0 unspecified atom stereocenters. The second kappa shape index (κ2) is 10.9. The number of hydrogen-bond acceptors (Lipinski definition) is 7. The van der Waals surface area contributed by atoms with Gasteiger partial charge in [0.15, 0.2) is 19.0 Å². The Morgan fingerprint density at radius 1 is 1.00 bits per heavy atom. The molecule has 168 valence electrons. The lowest BCUT2D eigenvalue weighted by atomic mass is 10.1. The molecule has 0 heterocycles. The first kappa shape index (κ1) is 22.7. The fourth-order valence-corrected chi connectivity index (χ4v) is 3.36. The van der Waals surface area contributed by atoms with Gasteiger partial charge in [-0.05, 0) is 31.0 Å². The van der Waals surface area contributed by atoms with Crippen molar-refractivity contribution in [2.45, 2.75) is 31.7 Å². The Morgan fingerprint density at radius 2 is 1.69 bits per heavy atom. The summed E-state index contributed by atoms with van der Waals surface area (Å²) in [4.78, 5) is 46.9. The molecule has 2 aromatic carbocycles. The Bertz CT molecular complexity index is 1000. The van der Waals surface area contributed by atoms with Crippen molar-refractivity contribution in [1.82, 2.24) is 5.32 Å². The molecule has 0 atom stereocenters. The third kappa shape index (κ3) is 6.27. The Hall–Kier alpha value is -3.95. The van der Waals surface area contributed by atoms with E-state index in [4.69, 9.17) is 9.47 Å². The number of anilines is 1. The molecule has 3 rings (SSSR count). The molecule has 10 nitrogen and oxygen atoms in total. The molecule has 0 aliphatic heterocycles. The van der Waals surface area contributed by atoms with Gasteiger partial charge in [-0.15, -0.1) is 0 Å². The Morgan fingerprint density at radius 3 is 2.44 bits per heavy atom. The summed E-state index contributed by atoms with van der Waals surface area (Å²) >= 11 is 0. The molecule has 0 aromatic heterocycles. The maximum atomic E-state index is 12.6. The van der Waals surface area contributed by atoms with Crippen molar-refractivity contribution in [1.29, 1.82) is 0 Å². The molecule has 0 saturated heterocycles. The van der Waals surface area contributed by atoms with E-state index >= 15 is 0 Å². The number of carbonyl (C=O) groups excluding carboxylic acids is 3. The smallest absolute Gasteiger partial charge is 0.344 e. The highest BCUT2D eigenvalue weighted by Crippen LogP contribution is 2.25. The summed E-state index contributed by atoms with van der Waals surface area (Å²) in [6.45, 7) is -1.20. The monoisotopic (exact) mass is 441 g/mol. The first-order valence-electron chi connectivity index (χ1n) is 10.2. The first-order chi connectivity index (χ1) is 15.4. The van der Waals surface area contributed by atoms with Crippen LogP contribution in [0.3, 0.4) is 0 Å². The lowest BCUT2D eigenvalue weighted by molar-refractivity contribution is -0.385. The number of para-hydroxylation sites is 3. The summed E-state index contributed by atoms with van der Waals surface area (Å²) in [6, 6.07) is 12.3. The van der Waals surface area contributed by atoms with Crippen molar-refractivity contribution >= 4 is 29.2 Å². The van der Waals surface area contributed by atoms with E-state index in [0.717, 1.165) is 25.7 Å². The van der Waals surface area contributed by atoms with Gasteiger partial charge < -0.3 is 20.1 Å². The molecule has 2 N–H and O–H groups in total. The minimum absolute atomic E-state index is 0.0823. The van der Waals surface area contributed by atoms with E-state index in [1.54, 1.807) is 24.3 Å². The first-order valence-corrected chi connectivity index (χ1v) is 10.2. The van der Waals surface area contributed by atoms with E-state index in [-0.39, 0.29) is 23.4 Å². The summed E-state index contributed by atoms with van der Waals surface area (Å²) in [5.74, 6) is -1.86. The number of esters is 1. The van der Waals surface area contributed by atoms with E-state index in [1.807, 2.05) is 0 Å². The van der Waals surface area contributed by atoms with Gasteiger partial charge in [-0.2, -0.15) is 0 Å². The van der Waals surface area contributed by atoms with Gasteiger partial charge in [-0.25, -0.2) is 4.79 Å². The third-order valence-corrected chi connectivity index (χ3v) is 4.91. The standard InChI is InChI=1S/C22H23N3O7/c26-20(13-32-21(27)14-31-19-12-6-5-11-18(19)25(29)30)24-17-10-4-3-9-16(17)22(28)23-15-7-1-2-8-15/h3-6,9-12,15H,1-2,7-8,13-14H2,(H,23,28)(H,24,26). The summed E-state index contributed by atoms with van der Waals surface area (Å²) < 4.78 is 9.98. The number of nitrogens with zero attached hydrogens (tertiary/aromatic N) is 1. The molecule has 0 spiro atoms. The zero-order valence-electron chi connectivity index (χ0n) is 17.2. The third-order valence-electron chi connectivity index (χ3n) is 4.91. The predicted molar refractivity (Wildman–Crippen MR) is 114 cm³/mol. The van der Waals surface area contributed by atoms with Crippen molar-refractivity contribution in [3.63, 3.8) is 0 Å². The second-order valence-corrected chi connectivity index (χ2v) is 7.22. The Kier molecular flexibility index (Phi) is 7.74. The zero-order chi connectivity index (χ0) is 22.9. The number of nitrogens with one attached hydrogen (secondary N) is 2. The van der Waals surface area contributed by atoms with Crippen molar-refractivity contribution < 1.29 is 28.8 Å². The lowest BCUT2D eigenvalue weighted by Gasteiger charge is -2.15. The van der Waals surface area contributed by atoms with Gasteiger partial charge in [0.1, 0.15) is 0 Å². The van der Waals surface area contributed by atoms with Crippen molar-refractivity contribution in [3.8, 4) is 5.75 Å². The average molecular weight is 441 g/mol. The number of nitro groups is 1. The van der Waals surface area contributed by atoms with Gasteiger partial charge in [0.05, 0.1) is 16.2 Å². The van der Waals surface area contributed by atoms with E-state index in [9.17, 15) is 24.5 Å². The van der Waals surface area contributed by atoms with E-state index in [1.165, 1.54) is 24.3 Å². The normalized spacial score (nSPS) is 13.2.